The molecule has 0 unspecified atom stereocenters. The van der Waals surface area contributed by atoms with E-state index in [1.807, 2.05) is 20.8 Å². The zero-order valence-electron chi connectivity index (χ0n) is 12.9. The molecule has 0 spiro atoms. The highest BCUT2D eigenvalue weighted by atomic mass is 16.5. The van der Waals surface area contributed by atoms with E-state index in [-0.39, 0.29) is 11.1 Å². The number of pyridine rings is 1. The molecule has 118 valence electrons. The molecule has 3 aromatic rings. The second-order valence-electron chi connectivity index (χ2n) is 6.02. The first-order valence-electron chi connectivity index (χ1n) is 6.93. The van der Waals surface area contributed by atoms with Crippen LogP contribution in [0.2, 0.25) is 0 Å². The number of rotatable bonds is 3. The molecule has 0 fully saturated rings. The largest absolute Gasteiger partial charge is 0.476 e. The van der Waals surface area contributed by atoms with Crippen LogP contribution < -0.4 is 0 Å². The number of carbonyl (C=O) groups is 1. The number of aromatic carboxylic acids is 1. The van der Waals surface area contributed by atoms with Gasteiger partial charge in [-0.2, -0.15) is 4.98 Å². The lowest BCUT2D eigenvalue weighted by atomic mass is 9.96. The van der Waals surface area contributed by atoms with Crippen molar-refractivity contribution < 1.29 is 14.4 Å². The molecule has 0 amide bonds. The number of hydrogen-bond acceptors (Lipinski definition) is 6. The van der Waals surface area contributed by atoms with Gasteiger partial charge in [-0.05, 0) is 12.1 Å². The number of aromatic nitrogens is 5. The summed E-state index contributed by atoms with van der Waals surface area (Å²) in [5, 5.41) is 13.0. The van der Waals surface area contributed by atoms with Crippen molar-refractivity contribution in [1.29, 1.82) is 0 Å². The Kier molecular flexibility index (Phi) is 3.44. The summed E-state index contributed by atoms with van der Waals surface area (Å²) >= 11 is 0. The van der Waals surface area contributed by atoms with Crippen molar-refractivity contribution in [2.75, 3.05) is 0 Å². The maximum Gasteiger partial charge on any atom is 0.356 e. The first kappa shape index (κ1) is 14.9. The average molecular weight is 313 g/mol. The number of hydrogen-bond donors (Lipinski definition) is 1. The Labute approximate surface area is 131 Å². The van der Waals surface area contributed by atoms with Gasteiger partial charge in [-0.3, -0.25) is 4.57 Å². The monoisotopic (exact) mass is 313 g/mol. The van der Waals surface area contributed by atoms with Crippen molar-refractivity contribution >= 4 is 5.97 Å². The Morgan fingerprint density at radius 1 is 1.30 bits per heavy atom. The van der Waals surface area contributed by atoms with Gasteiger partial charge in [-0.15, -0.1) is 0 Å². The lowest BCUT2D eigenvalue weighted by Gasteiger charge is -2.11. The molecule has 8 nitrogen and oxygen atoms in total. The van der Waals surface area contributed by atoms with Crippen LogP contribution in [0.1, 0.15) is 37.1 Å². The van der Waals surface area contributed by atoms with Crippen LogP contribution in [0.5, 0.6) is 0 Å². The summed E-state index contributed by atoms with van der Waals surface area (Å²) in [5.41, 5.74) is 0.294. The smallest absolute Gasteiger partial charge is 0.356 e. The molecule has 0 aliphatic heterocycles. The molecule has 0 aliphatic carbocycles. The van der Waals surface area contributed by atoms with Gasteiger partial charge >= 0.3 is 5.97 Å². The van der Waals surface area contributed by atoms with Crippen LogP contribution in [-0.4, -0.2) is 35.8 Å². The van der Waals surface area contributed by atoms with Crippen molar-refractivity contribution in [3.05, 3.63) is 42.4 Å². The van der Waals surface area contributed by atoms with Crippen molar-refractivity contribution in [2.24, 2.45) is 0 Å². The summed E-state index contributed by atoms with van der Waals surface area (Å²) in [6, 6.07) is 3.53. The maximum absolute atomic E-state index is 11.0. The van der Waals surface area contributed by atoms with Gasteiger partial charge in [0, 0.05) is 17.8 Å². The molecule has 3 heterocycles. The fraction of sp³-hybridized carbons (Fsp3) is 0.267. The number of carboxylic acids is 1. The van der Waals surface area contributed by atoms with Gasteiger partial charge < -0.3 is 9.63 Å². The third kappa shape index (κ3) is 2.83. The zero-order valence-corrected chi connectivity index (χ0v) is 12.9. The Morgan fingerprint density at radius 2 is 2.09 bits per heavy atom. The SMILES string of the molecule is CC(C)(C)c1noc(-c2cccnc2-n2cnc(C(=O)O)c2)n1. The van der Waals surface area contributed by atoms with Crippen LogP contribution in [0, 0.1) is 0 Å². The Morgan fingerprint density at radius 3 is 2.70 bits per heavy atom. The van der Waals surface area contributed by atoms with Crippen LogP contribution in [0.25, 0.3) is 17.3 Å². The normalized spacial score (nSPS) is 11.6. The molecule has 3 aromatic heterocycles. The maximum atomic E-state index is 11.0. The van der Waals surface area contributed by atoms with E-state index in [9.17, 15) is 4.79 Å². The van der Waals surface area contributed by atoms with Crippen molar-refractivity contribution in [1.82, 2.24) is 24.7 Å². The summed E-state index contributed by atoms with van der Waals surface area (Å²) in [7, 11) is 0. The van der Waals surface area contributed by atoms with Crippen LogP contribution in [0.3, 0.4) is 0 Å². The van der Waals surface area contributed by atoms with Crippen molar-refractivity contribution in [2.45, 2.75) is 26.2 Å². The topological polar surface area (TPSA) is 107 Å². The van der Waals surface area contributed by atoms with Crippen molar-refractivity contribution in [3.8, 4) is 17.3 Å². The lowest BCUT2D eigenvalue weighted by molar-refractivity contribution is 0.0691. The number of imidazole rings is 1. The summed E-state index contributed by atoms with van der Waals surface area (Å²) in [6.07, 6.45) is 4.37. The summed E-state index contributed by atoms with van der Waals surface area (Å²) in [6.45, 7) is 5.96. The highest BCUT2D eigenvalue weighted by Gasteiger charge is 2.23. The van der Waals surface area contributed by atoms with Crippen LogP contribution in [0.4, 0.5) is 0 Å². The predicted octanol–water partition coefficient (Wildman–Crippen LogP) is 2.31. The van der Waals surface area contributed by atoms with E-state index >= 15 is 0 Å². The van der Waals surface area contributed by atoms with Gasteiger partial charge in [-0.25, -0.2) is 14.8 Å². The average Bonchev–Trinajstić information content (AvgIpc) is 3.16. The molecule has 0 bridgehead atoms. The van der Waals surface area contributed by atoms with Gasteiger partial charge in [0.15, 0.2) is 17.3 Å². The van der Waals surface area contributed by atoms with E-state index in [1.54, 1.807) is 18.3 Å². The first-order chi connectivity index (χ1) is 10.9. The second kappa shape index (κ2) is 5.31. The molecule has 0 radical (unpaired) electrons. The van der Waals surface area contributed by atoms with E-state index in [2.05, 4.69) is 20.1 Å². The highest BCUT2D eigenvalue weighted by Crippen LogP contribution is 2.26. The minimum absolute atomic E-state index is 0.0671. The van der Waals surface area contributed by atoms with E-state index in [0.29, 0.717) is 23.1 Å². The molecular formula is C15H15N5O3. The number of nitrogens with zero attached hydrogens (tertiary/aromatic N) is 5. The molecule has 3 rings (SSSR count). The summed E-state index contributed by atoms with van der Waals surface area (Å²) in [4.78, 5) is 23.5. The minimum Gasteiger partial charge on any atom is -0.476 e. The Bertz CT molecular complexity index is 860. The summed E-state index contributed by atoms with van der Waals surface area (Å²) < 4.78 is 6.86. The lowest BCUT2D eigenvalue weighted by Crippen LogP contribution is -2.13. The molecule has 0 saturated heterocycles. The molecular weight excluding hydrogens is 298 g/mol. The third-order valence-corrected chi connectivity index (χ3v) is 3.16. The second-order valence-corrected chi connectivity index (χ2v) is 6.02. The van der Waals surface area contributed by atoms with E-state index in [4.69, 9.17) is 9.63 Å². The first-order valence-corrected chi connectivity index (χ1v) is 6.93. The van der Waals surface area contributed by atoms with Gasteiger partial charge in [-0.1, -0.05) is 25.9 Å². The fourth-order valence-electron chi connectivity index (χ4n) is 1.96. The molecule has 0 saturated carbocycles. The summed E-state index contributed by atoms with van der Waals surface area (Å²) in [5.74, 6) is 0.272. The highest BCUT2D eigenvalue weighted by molar-refractivity contribution is 5.85. The van der Waals surface area contributed by atoms with Crippen LogP contribution in [0.15, 0.2) is 35.4 Å². The van der Waals surface area contributed by atoms with E-state index in [1.165, 1.54) is 17.1 Å². The van der Waals surface area contributed by atoms with Gasteiger partial charge in [0.1, 0.15) is 6.33 Å². The molecule has 0 aliphatic rings. The molecule has 1 N–H and O–H groups in total. The van der Waals surface area contributed by atoms with Crippen LogP contribution in [-0.2, 0) is 5.41 Å². The molecule has 0 aromatic carbocycles. The minimum atomic E-state index is -1.10. The van der Waals surface area contributed by atoms with E-state index in [0.717, 1.165) is 0 Å². The Hall–Kier alpha value is -3.03. The molecule has 8 heteroatoms. The van der Waals surface area contributed by atoms with Gasteiger partial charge in [0.25, 0.3) is 5.89 Å². The predicted molar refractivity (Wildman–Crippen MR) is 80.3 cm³/mol. The zero-order chi connectivity index (χ0) is 16.6. The molecule has 0 atom stereocenters. The third-order valence-electron chi connectivity index (χ3n) is 3.16. The van der Waals surface area contributed by atoms with Gasteiger partial charge in [0.2, 0.25) is 0 Å². The quantitative estimate of drug-likeness (QED) is 0.790. The Balaban J connectivity index is 2.07. The fourth-order valence-corrected chi connectivity index (χ4v) is 1.96. The van der Waals surface area contributed by atoms with E-state index < -0.39 is 5.97 Å². The van der Waals surface area contributed by atoms with Crippen LogP contribution >= 0.6 is 0 Å². The molecule has 23 heavy (non-hydrogen) atoms. The van der Waals surface area contributed by atoms with Gasteiger partial charge in [0.05, 0.1) is 5.56 Å². The number of carboxylic acid groups (broad SMARTS) is 1. The van der Waals surface area contributed by atoms with Crippen molar-refractivity contribution in [3.63, 3.8) is 0 Å². The standard InChI is InChI=1S/C15H15N5O3/c1-15(2,3)14-18-12(23-19-14)9-5-4-6-16-11(9)20-7-10(13(21)22)17-8-20/h4-8H,1-3H3,(H,21,22).